The van der Waals surface area contributed by atoms with Crippen molar-refractivity contribution in [3.05, 3.63) is 62.6 Å². The number of rotatable bonds is 5. The number of hydrogen-bond donors (Lipinski definition) is 1. The Morgan fingerprint density at radius 1 is 1.12 bits per heavy atom. The number of nitrogens with one attached hydrogen (secondary N) is 1. The lowest BCUT2D eigenvalue weighted by Crippen LogP contribution is -1.99. The second kappa shape index (κ2) is 7.79. The van der Waals surface area contributed by atoms with Crippen molar-refractivity contribution in [2.45, 2.75) is 26.7 Å². The highest BCUT2D eigenvalue weighted by Crippen LogP contribution is 2.30. The van der Waals surface area contributed by atoms with Crippen LogP contribution in [0.3, 0.4) is 0 Å². The summed E-state index contributed by atoms with van der Waals surface area (Å²) in [5, 5.41) is 4.26. The number of aryl methyl sites for hydroxylation is 1. The molecule has 3 nitrogen and oxygen atoms in total. The van der Waals surface area contributed by atoms with E-state index >= 15 is 0 Å². The molecule has 0 radical (unpaired) electrons. The summed E-state index contributed by atoms with van der Waals surface area (Å²) < 4.78 is 3.34. The molecule has 0 saturated heterocycles. The molecule has 130 valence electrons. The molecule has 2 aromatic carbocycles. The lowest BCUT2D eigenvalue weighted by Gasteiger charge is -2.14. The van der Waals surface area contributed by atoms with Gasteiger partial charge in [0.1, 0.15) is 5.82 Å². The molecular formula is C20H21ClIN3. The van der Waals surface area contributed by atoms with Crippen LogP contribution in [0.5, 0.6) is 0 Å². The van der Waals surface area contributed by atoms with Gasteiger partial charge in [-0.15, -0.1) is 0 Å². The van der Waals surface area contributed by atoms with E-state index in [4.69, 9.17) is 11.6 Å². The zero-order valence-corrected chi connectivity index (χ0v) is 17.5. The van der Waals surface area contributed by atoms with Crippen molar-refractivity contribution in [3.63, 3.8) is 0 Å². The summed E-state index contributed by atoms with van der Waals surface area (Å²) in [6, 6.07) is 12.4. The second-order valence-electron chi connectivity index (χ2n) is 5.94. The first kappa shape index (κ1) is 18.3. The van der Waals surface area contributed by atoms with Gasteiger partial charge in [0.05, 0.1) is 11.9 Å². The highest BCUT2D eigenvalue weighted by Gasteiger charge is 2.09. The SMILES string of the molecule is CCc1c(I)cc(Cl)cc1Nc1ccc(-c2cnc(CC)n2C)cc1. The summed E-state index contributed by atoms with van der Waals surface area (Å²) >= 11 is 8.57. The molecule has 0 aliphatic rings. The molecular weight excluding hydrogens is 445 g/mol. The number of hydrogen-bond acceptors (Lipinski definition) is 2. The Balaban J connectivity index is 1.87. The minimum atomic E-state index is 0.752. The third kappa shape index (κ3) is 3.85. The maximum Gasteiger partial charge on any atom is 0.108 e. The monoisotopic (exact) mass is 465 g/mol. The van der Waals surface area contributed by atoms with Gasteiger partial charge in [0.15, 0.2) is 0 Å². The molecule has 25 heavy (non-hydrogen) atoms. The Labute approximate surface area is 167 Å². The Morgan fingerprint density at radius 3 is 2.44 bits per heavy atom. The number of imidazole rings is 1. The quantitative estimate of drug-likeness (QED) is 0.454. The molecule has 0 spiro atoms. The Kier molecular flexibility index (Phi) is 5.69. The normalized spacial score (nSPS) is 10.9. The summed E-state index contributed by atoms with van der Waals surface area (Å²) in [4.78, 5) is 4.47. The maximum absolute atomic E-state index is 6.23. The largest absolute Gasteiger partial charge is 0.355 e. The fraction of sp³-hybridized carbons (Fsp3) is 0.250. The van der Waals surface area contributed by atoms with E-state index in [1.165, 1.54) is 9.13 Å². The van der Waals surface area contributed by atoms with Crippen molar-refractivity contribution >= 4 is 45.6 Å². The third-order valence-electron chi connectivity index (χ3n) is 4.37. The van der Waals surface area contributed by atoms with Gasteiger partial charge in [0.25, 0.3) is 0 Å². The predicted molar refractivity (Wildman–Crippen MR) is 115 cm³/mol. The molecule has 0 aliphatic carbocycles. The van der Waals surface area contributed by atoms with Gasteiger partial charge in [0, 0.05) is 33.4 Å². The van der Waals surface area contributed by atoms with E-state index in [-0.39, 0.29) is 0 Å². The van der Waals surface area contributed by atoms with Crippen LogP contribution < -0.4 is 5.32 Å². The van der Waals surface area contributed by atoms with Crippen LogP contribution in [0.15, 0.2) is 42.6 Å². The highest BCUT2D eigenvalue weighted by molar-refractivity contribution is 14.1. The van der Waals surface area contributed by atoms with Gasteiger partial charge < -0.3 is 9.88 Å². The zero-order valence-electron chi connectivity index (χ0n) is 14.6. The van der Waals surface area contributed by atoms with Crippen molar-refractivity contribution in [1.29, 1.82) is 0 Å². The standard InChI is InChI=1S/C20H21ClIN3/c1-4-16-17(22)10-14(21)11-18(16)24-15-8-6-13(7-9-15)19-12-23-20(5-2)25(19)3/h6-12,24H,4-5H2,1-3H3. The fourth-order valence-electron chi connectivity index (χ4n) is 3.00. The van der Waals surface area contributed by atoms with Gasteiger partial charge in [-0.05, 0) is 64.4 Å². The average Bonchev–Trinajstić information content (AvgIpc) is 2.96. The number of benzene rings is 2. The van der Waals surface area contributed by atoms with Crippen molar-refractivity contribution in [2.75, 3.05) is 5.32 Å². The first-order valence-corrected chi connectivity index (χ1v) is 9.85. The summed E-state index contributed by atoms with van der Waals surface area (Å²) in [5.74, 6) is 1.10. The van der Waals surface area contributed by atoms with Crippen LogP contribution in [0.1, 0.15) is 25.2 Å². The van der Waals surface area contributed by atoms with E-state index in [1.807, 2.05) is 18.3 Å². The van der Waals surface area contributed by atoms with Gasteiger partial charge in [-0.25, -0.2) is 4.98 Å². The highest BCUT2D eigenvalue weighted by atomic mass is 127. The molecule has 5 heteroatoms. The van der Waals surface area contributed by atoms with Crippen LogP contribution in [0.25, 0.3) is 11.3 Å². The molecule has 3 rings (SSSR count). The van der Waals surface area contributed by atoms with E-state index in [2.05, 4.69) is 82.6 Å². The summed E-state index contributed by atoms with van der Waals surface area (Å²) in [6.45, 7) is 4.28. The van der Waals surface area contributed by atoms with Crippen LogP contribution in [0.2, 0.25) is 5.02 Å². The number of nitrogens with zero attached hydrogens (tertiary/aromatic N) is 2. The molecule has 0 amide bonds. The average molecular weight is 466 g/mol. The van der Waals surface area contributed by atoms with Gasteiger partial charge in [0.2, 0.25) is 0 Å². The van der Waals surface area contributed by atoms with Crippen LogP contribution in [-0.4, -0.2) is 9.55 Å². The molecule has 0 saturated carbocycles. The number of halogens is 2. The van der Waals surface area contributed by atoms with E-state index in [0.29, 0.717) is 0 Å². The molecule has 0 aliphatic heterocycles. The Hall–Kier alpha value is -1.53. The van der Waals surface area contributed by atoms with Crippen LogP contribution in [0, 0.1) is 3.57 Å². The molecule has 0 bridgehead atoms. The predicted octanol–water partition coefficient (Wildman–Crippen LogP) is 6.21. The van der Waals surface area contributed by atoms with Gasteiger partial charge in [-0.2, -0.15) is 0 Å². The van der Waals surface area contributed by atoms with Crippen LogP contribution in [-0.2, 0) is 19.9 Å². The zero-order chi connectivity index (χ0) is 18.0. The van der Waals surface area contributed by atoms with E-state index < -0.39 is 0 Å². The minimum absolute atomic E-state index is 0.752. The van der Waals surface area contributed by atoms with Gasteiger partial charge >= 0.3 is 0 Å². The molecule has 1 aromatic heterocycles. The molecule has 0 fully saturated rings. The van der Waals surface area contributed by atoms with E-state index in [1.54, 1.807) is 0 Å². The van der Waals surface area contributed by atoms with Crippen molar-refractivity contribution in [3.8, 4) is 11.3 Å². The topological polar surface area (TPSA) is 29.9 Å². The smallest absolute Gasteiger partial charge is 0.108 e. The van der Waals surface area contributed by atoms with E-state index in [9.17, 15) is 0 Å². The van der Waals surface area contributed by atoms with Crippen LogP contribution in [0.4, 0.5) is 11.4 Å². The second-order valence-corrected chi connectivity index (χ2v) is 7.54. The number of aromatic nitrogens is 2. The van der Waals surface area contributed by atoms with Crippen molar-refractivity contribution < 1.29 is 0 Å². The third-order valence-corrected chi connectivity index (χ3v) is 5.55. The molecule has 0 atom stereocenters. The first-order chi connectivity index (χ1) is 12.0. The number of anilines is 2. The maximum atomic E-state index is 6.23. The van der Waals surface area contributed by atoms with Crippen molar-refractivity contribution in [1.82, 2.24) is 9.55 Å². The van der Waals surface area contributed by atoms with Crippen molar-refractivity contribution in [2.24, 2.45) is 7.05 Å². The summed E-state index contributed by atoms with van der Waals surface area (Å²) in [5.41, 5.74) is 5.70. The van der Waals surface area contributed by atoms with Crippen LogP contribution >= 0.6 is 34.2 Å². The molecule has 1 N–H and O–H groups in total. The Bertz CT molecular complexity index is 885. The minimum Gasteiger partial charge on any atom is -0.355 e. The summed E-state index contributed by atoms with van der Waals surface area (Å²) in [6.07, 6.45) is 3.84. The van der Waals surface area contributed by atoms with Gasteiger partial charge in [-0.3, -0.25) is 0 Å². The lowest BCUT2D eigenvalue weighted by molar-refractivity contribution is 0.813. The lowest BCUT2D eigenvalue weighted by atomic mass is 10.1. The molecule has 3 aromatic rings. The molecule has 0 unspecified atom stereocenters. The Morgan fingerprint density at radius 2 is 1.84 bits per heavy atom. The molecule has 1 heterocycles. The fourth-order valence-corrected chi connectivity index (χ4v) is 4.41. The van der Waals surface area contributed by atoms with E-state index in [0.717, 1.165) is 46.3 Å². The van der Waals surface area contributed by atoms with Gasteiger partial charge in [-0.1, -0.05) is 37.6 Å². The summed E-state index contributed by atoms with van der Waals surface area (Å²) in [7, 11) is 2.06. The first-order valence-electron chi connectivity index (χ1n) is 8.39.